The molecule has 0 aromatic carbocycles. The fourth-order valence-corrected chi connectivity index (χ4v) is 1.77. The molecule has 0 amide bonds. The van der Waals surface area contributed by atoms with Gasteiger partial charge in [0.25, 0.3) is 11.5 Å². The van der Waals surface area contributed by atoms with Crippen molar-refractivity contribution in [3.05, 3.63) is 16.7 Å². The van der Waals surface area contributed by atoms with Crippen molar-refractivity contribution in [2.45, 2.75) is 0 Å². The zero-order valence-corrected chi connectivity index (χ0v) is 11.3. The molecule has 0 aliphatic rings. The Morgan fingerprint density at radius 3 is 2.68 bits per heavy atom. The zero-order chi connectivity index (χ0) is 13.7. The highest BCUT2D eigenvalue weighted by molar-refractivity contribution is 6.18. The highest BCUT2D eigenvalue weighted by Gasteiger charge is 2.06. The van der Waals surface area contributed by atoms with Gasteiger partial charge in [-0.3, -0.25) is 9.80 Å². The summed E-state index contributed by atoms with van der Waals surface area (Å²) >= 11 is 11.3. The van der Waals surface area contributed by atoms with E-state index in [1.54, 1.807) is 5.01 Å². The van der Waals surface area contributed by atoms with Crippen LogP contribution in [0.5, 0.6) is 0 Å². The second kappa shape index (κ2) is 6.48. The molecule has 2 aromatic heterocycles. The highest BCUT2D eigenvalue weighted by Crippen LogP contribution is 2.11. The van der Waals surface area contributed by atoms with Crippen molar-refractivity contribution >= 4 is 40.3 Å². The van der Waals surface area contributed by atoms with Gasteiger partial charge in [0, 0.05) is 11.8 Å². The smallest absolute Gasteiger partial charge is 0.276 e. The highest BCUT2D eigenvalue weighted by atomic mass is 35.5. The molecular weight excluding hydrogens is 293 g/mol. The largest absolute Gasteiger partial charge is 0.315 e. The molecule has 2 N–H and O–H groups in total. The number of aromatic nitrogens is 4. The third-order valence-corrected chi connectivity index (χ3v) is 2.57. The molecule has 2 heterocycles. The summed E-state index contributed by atoms with van der Waals surface area (Å²) in [6.07, 6.45) is 1.28. The minimum atomic E-state index is -0.308. The SMILES string of the molecule is O=c1[nH]cnc2nc(/N=N\N(CCCl)CCCl)[nH]c12. The molecule has 0 aliphatic heterocycles. The van der Waals surface area contributed by atoms with Crippen LogP contribution in [-0.2, 0) is 0 Å². The molecule has 0 aliphatic carbocycles. The van der Waals surface area contributed by atoms with E-state index in [2.05, 4.69) is 30.3 Å². The Bertz CT molecular complexity index is 616. The number of imidazole rings is 1. The van der Waals surface area contributed by atoms with Crippen molar-refractivity contribution in [3.8, 4) is 0 Å². The lowest BCUT2D eigenvalue weighted by atomic mass is 10.6. The van der Waals surface area contributed by atoms with Crippen molar-refractivity contribution < 1.29 is 0 Å². The fraction of sp³-hybridized carbons (Fsp3) is 0.444. The molecule has 0 saturated heterocycles. The number of alkyl halides is 2. The predicted octanol–water partition coefficient (Wildman–Crippen LogP) is 1.42. The van der Waals surface area contributed by atoms with Gasteiger partial charge in [-0.2, -0.15) is 4.98 Å². The van der Waals surface area contributed by atoms with Gasteiger partial charge in [-0.15, -0.1) is 23.2 Å². The lowest BCUT2D eigenvalue weighted by Gasteiger charge is -2.13. The first-order valence-electron chi connectivity index (χ1n) is 5.46. The summed E-state index contributed by atoms with van der Waals surface area (Å²) in [4.78, 5) is 24.6. The molecule has 0 bridgehead atoms. The number of H-pyrrole nitrogens is 2. The molecular formula is C9H11Cl2N7O. The number of rotatable bonds is 6. The van der Waals surface area contributed by atoms with Crippen LogP contribution >= 0.6 is 23.2 Å². The molecule has 0 fully saturated rings. The van der Waals surface area contributed by atoms with Crippen molar-refractivity contribution in [2.24, 2.45) is 10.3 Å². The Kier molecular flexibility index (Phi) is 4.69. The molecule has 0 saturated carbocycles. The first-order valence-corrected chi connectivity index (χ1v) is 6.53. The lowest BCUT2D eigenvalue weighted by Crippen LogP contribution is -2.21. The second-order valence-corrected chi connectivity index (χ2v) is 4.27. The summed E-state index contributed by atoms with van der Waals surface area (Å²) in [5, 5.41) is 9.47. The van der Waals surface area contributed by atoms with Crippen LogP contribution in [0.1, 0.15) is 0 Å². The van der Waals surface area contributed by atoms with Gasteiger partial charge >= 0.3 is 0 Å². The van der Waals surface area contributed by atoms with Gasteiger partial charge in [-0.05, 0) is 0 Å². The van der Waals surface area contributed by atoms with Crippen molar-refractivity contribution in [1.82, 2.24) is 24.9 Å². The Hall–Kier alpha value is -1.67. The van der Waals surface area contributed by atoms with E-state index in [1.807, 2.05) is 0 Å². The minimum absolute atomic E-state index is 0.202. The van der Waals surface area contributed by atoms with E-state index >= 15 is 0 Å². The minimum Gasteiger partial charge on any atom is -0.315 e. The van der Waals surface area contributed by atoms with Gasteiger partial charge < -0.3 is 9.97 Å². The summed E-state index contributed by atoms with van der Waals surface area (Å²) in [7, 11) is 0. The van der Waals surface area contributed by atoms with E-state index < -0.39 is 0 Å². The van der Waals surface area contributed by atoms with Gasteiger partial charge in [0.2, 0.25) is 0 Å². The van der Waals surface area contributed by atoms with Crippen molar-refractivity contribution in [2.75, 3.05) is 24.8 Å². The first kappa shape index (κ1) is 13.8. The normalized spacial score (nSPS) is 11.5. The summed E-state index contributed by atoms with van der Waals surface area (Å²) < 4.78 is 0. The maximum Gasteiger partial charge on any atom is 0.276 e. The van der Waals surface area contributed by atoms with E-state index in [0.717, 1.165) is 0 Å². The summed E-state index contributed by atoms with van der Waals surface area (Å²) in [6, 6.07) is 0. The number of nitrogens with zero attached hydrogens (tertiary/aromatic N) is 5. The van der Waals surface area contributed by atoms with E-state index in [4.69, 9.17) is 23.2 Å². The van der Waals surface area contributed by atoms with Crippen LogP contribution in [-0.4, -0.2) is 49.8 Å². The molecule has 0 atom stereocenters. The number of hydrogen-bond acceptors (Lipinski definition) is 5. The fourth-order valence-electron chi connectivity index (χ4n) is 1.38. The van der Waals surface area contributed by atoms with Crippen molar-refractivity contribution in [3.63, 3.8) is 0 Å². The topological polar surface area (TPSA) is 102 Å². The Balaban J connectivity index is 2.20. The summed E-state index contributed by atoms with van der Waals surface area (Å²) in [5.41, 5.74) is 0.244. The van der Waals surface area contributed by atoms with Crippen LogP contribution in [0.3, 0.4) is 0 Å². The zero-order valence-electron chi connectivity index (χ0n) is 9.81. The van der Waals surface area contributed by atoms with E-state index in [-0.39, 0.29) is 17.0 Å². The van der Waals surface area contributed by atoms with Crippen LogP contribution in [0.15, 0.2) is 21.5 Å². The molecule has 0 unspecified atom stereocenters. The average molecular weight is 304 g/mol. The lowest BCUT2D eigenvalue weighted by molar-refractivity contribution is 0.303. The van der Waals surface area contributed by atoms with Crippen LogP contribution in [0.2, 0.25) is 0 Å². The number of aromatic amines is 2. The third-order valence-electron chi connectivity index (χ3n) is 2.23. The molecule has 8 nitrogen and oxygen atoms in total. The van der Waals surface area contributed by atoms with Gasteiger partial charge in [-0.1, -0.05) is 10.3 Å². The third kappa shape index (κ3) is 3.42. The molecule has 2 aromatic rings. The molecule has 0 spiro atoms. The second-order valence-electron chi connectivity index (χ2n) is 3.51. The average Bonchev–Trinajstić information content (AvgIpc) is 2.81. The quantitative estimate of drug-likeness (QED) is 0.478. The maximum absolute atomic E-state index is 11.5. The molecule has 2 rings (SSSR count). The van der Waals surface area contributed by atoms with Gasteiger partial charge in [-0.25, -0.2) is 4.98 Å². The number of halogens is 2. The number of fused-ring (bicyclic) bond motifs is 1. The molecule has 102 valence electrons. The Morgan fingerprint density at radius 2 is 2.05 bits per heavy atom. The molecule has 19 heavy (non-hydrogen) atoms. The van der Waals surface area contributed by atoms with Gasteiger partial charge in [0.1, 0.15) is 0 Å². The van der Waals surface area contributed by atoms with Crippen LogP contribution in [0.25, 0.3) is 11.2 Å². The van der Waals surface area contributed by atoms with Gasteiger partial charge in [0.15, 0.2) is 11.2 Å². The summed E-state index contributed by atoms with van der Waals surface area (Å²) in [6.45, 7) is 1.05. The van der Waals surface area contributed by atoms with Crippen LogP contribution < -0.4 is 5.56 Å². The maximum atomic E-state index is 11.5. The van der Waals surface area contributed by atoms with E-state index in [0.29, 0.717) is 30.5 Å². The van der Waals surface area contributed by atoms with Crippen LogP contribution in [0, 0.1) is 0 Å². The molecule has 10 heteroatoms. The number of hydrogen-bond donors (Lipinski definition) is 2. The monoisotopic (exact) mass is 303 g/mol. The van der Waals surface area contributed by atoms with E-state index in [9.17, 15) is 4.79 Å². The van der Waals surface area contributed by atoms with E-state index in [1.165, 1.54) is 6.33 Å². The standard InChI is InChI=1S/C9H11Cl2N7O/c10-1-3-18(4-2-11)17-16-9-14-6-7(15-9)12-5-13-8(6)19/h5H,1-4H2,(H2,12,13,14,15,19)/b17-16-. The van der Waals surface area contributed by atoms with Crippen LogP contribution in [0.4, 0.5) is 5.95 Å². The first-order chi connectivity index (χ1) is 9.24. The molecule has 0 radical (unpaired) electrons. The number of nitrogens with one attached hydrogen (secondary N) is 2. The Labute approximate surface area is 117 Å². The van der Waals surface area contributed by atoms with Crippen molar-refractivity contribution in [1.29, 1.82) is 0 Å². The van der Waals surface area contributed by atoms with Gasteiger partial charge in [0.05, 0.1) is 19.4 Å². The Morgan fingerprint density at radius 1 is 1.32 bits per heavy atom. The summed E-state index contributed by atoms with van der Waals surface area (Å²) in [5.74, 6) is 1.03. The predicted molar refractivity (Wildman–Crippen MR) is 72.0 cm³/mol.